The van der Waals surface area contributed by atoms with Crippen LogP contribution in [0, 0.1) is 34.9 Å². The maximum absolute atomic E-state index is 13.6. The number of Topliss-reactive ketones (excluding diaryl/α,β-unsaturated/α-hetero) is 1. The van der Waals surface area contributed by atoms with E-state index in [0.29, 0.717) is 36.5 Å². The Morgan fingerprint density at radius 2 is 1.63 bits per heavy atom. The predicted molar refractivity (Wildman–Crippen MR) is 145 cm³/mol. The highest BCUT2D eigenvalue weighted by atomic mass is 19.1. The van der Waals surface area contributed by atoms with E-state index in [2.05, 4.69) is 10.3 Å². The second kappa shape index (κ2) is 10.2. The summed E-state index contributed by atoms with van der Waals surface area (Å²) >= 11 is 0. The Labute approximate surface area is 225 Å². The van der Waals surface area contributed by atoms with Gasteiger partial charge < -0.3 is 11.1 Å². The Kier molecular flexibility index (Phi) is 6.88. The second-order valence-corrected chi connectivity index (χ2v) is 12.9. The van der Waals surface area contributed by atoms with Crippen molar-refractivity contribution in [2.45, 2.75) is 82.1 Å². The fourth-order valence-corrected chi connectivity index (χ4v) is 9.01. The van der Waals surface area contributed by atoms with Crippen LogP contribution in [0.3, 0.4) is 0 Å². The molecular weight excluding hydrogens is 477 g/mol. The lowest BCUT2D eigenvalue weighted by Gasteiger charge is -2.60. The van der Waals surface area contributed by atoms with Gasteiger partial charge >= 0.3 is 0 Å². The first-order chi connectivity index (χ1) is 18.4. The first-order valence-electron chi connectivity index (χ1n) is 14.6. The number of benzene rings is 1. The molecule has 1 aromatic heterocycles. The maximum Gasteiger partial charge on any atom is 0.237 e. The highest BCUT2D eigenvalue weighted by Crippen LogP contribution is 2.63. The minimum Gasteiger partial charge on any atom is -0.354 e. The lowest BCUT2D eigenvalue weighted by molar-refractivity contribution is -0.153. The number of carbonyl (C=O) groups is 2. The van der Waals surface area contributed by atoms with Gasteiger partial charge in [0.2, 0.25) is 5.91 Å². The van der Waals surface area contributed by atoms with Crippen LogP contribution in [0.15, 0.2) is 48.8 Å². The summed E-state index contributed by atoms with van der Waals surface area (Å²) in [6.07, 6.45) is 14.3. The third-order valence-corrected chi connectivity index (χ3v) is 10.6. The summed E-state index contributed by atoms with van der Waals surface area (Å²) in [5, 5.41) is 3.25. The van der Waals surface area contributed by atoms with Gasteiger partial charge in [-0.25, -0.2) is 4.39 Å². The number of ketones is 1. The third-order valence-electron chi connectivity index (χ3n) is 10.6. The molecule has 2 aromatic rings. The molecule has 1 heterocycles. The summed E-state index contributed by atoms with van der Waals surface area (Å²) in [5.74, 6) is 1.45. The number of nitrogens with zero attached hydrogens (tertiary/aromatic N) is 1. The molecule has 1 amide bonds. The van der Waals surface area contributed by atoms with E-state index < -0.39 is 6.04 Å². The van der Waals surface area contributed by atoms with E-state index in [4.69, 9.17) is 5.73 Å². The summed E-state index contributed by atoms with van der Waals surface area (Å²) < 4.78 is 13.6. The molecule has 5 saturated carbocycles. The van der Waals surface area contributed by atoms with Crippen molar-refractivity contribution in [3.05, 3.63) is 65.7 Å². The number of hydrogen-bond acceptors (Lipinski definition) is 4. The first kappa shape index (κ1) is 25.7. The Morgan fingerprint density at radius 3 is 2.29 bits per heavy atom. The van der Waals surface area contributed by atoms with E-state index in [-0.39, 0.29) is 28.5 Å². The molecule has 3 atom stereocenters. The van der Waals surface area contributed by atoms with Crippen LogP contribution < -0.4 is 11.1 Å². The molecule has 7 rings (SSSR count). The number of amides is 1. The zero-order valence-corrected chi connectivity index (χ0v) is 22.2. The van der Waals surface area contributed by atoms with Crippen molar-refractivity contribution >= 4 is 11.7 Å². The molecule has 6 heteroatoms. The van der Waals surface area contributed by atoms with Crippen LogP contribution in [0.1, 0.15) is 75.3 Å². The maximum atomic E-state index is 13.6. The smallest absolute Gasteiger partial charge is 0.237 e. The molecule has 5 aliphatic rings. The van der Waals surface area contributed by atoms with Gasteiger partial charge in [0.05, 0.1) is 6.04 Å². The molecule has 0 aliphatic heterocycles. The number of carbonyl (C=O) groups excluding carboxylic acids is 2. The fraction of sp³-hybridized carbons (Fsp3) is 0.594. The van der Waals surface area contributed by atoms with Gasteiger partial charge in [-0.15, -0.1) is 0 Å². The van der Waals surface area contributed by atoms with Crippen LogP contribution >= 0.6 is 0 Å². The summed E-state index contributed by atoms with van der Waals surface area (Å²) in [6.45, 7) is 0.546. The molecule has 0 spiro atoms. The molecule has 3 unspecified atom stereocenters. The zero-order valence-electron chi connectivity index (χ0n) is 22.2. The van der Waals surface area contributed by atoms with Gasteiger partial charge in [0.25, 0.3) is 0 Å². The SMILES string of the molecule is NC(C(=O)NCC1(c2ccc(F)cc2)CCCCC1)C1C2CC3CC1CC(C(=O)Cc1ccncc1)(C3)C2. The average molecular weight is 518 g/mol. The molecule has 5 fully saturated rings. The predicted octanol–water partition coefficient (Wildman–Crippen LogP) is 5.12. The van der Waals surface area contributed by atoms with Gasteiger partial charge in [-0.3, -0.25) is 14.6 Å². The van der Waals surface area contributed by atoms with Crippen molar-refractivity contribution in [1.29, 1.82) is 0 Å². The average Bonchev–Trinajstić information content (AvgIpc) is 2.92. The van der Waals surface area contributed by atoms with E-state index in [1.165, 1.54) is 18.6 Å². The summed E-state index contributed by atoms with van der Waals surface area (Å²) in [7, 11) is 0. The second-order valence-electron chi connectivity index (χ2n) is 12.9. The Balaban J connectivity index is 1.13. The molecule has 1 aromatic carbocycles. The molecule has 202 valence electrons. The quantitative estimate of drug-likeness (QED) is 0.509. The normalized spacial score (nSPS) is 32.1. The molecule has 0 saturated heterocycles. The van der Waals surface area contributed by atoms with Gasteiger partial charge in [0, 0.05) is 36.2 Å². The number of rotatable bonds is 8. The minimum atomic E-state index is -0.550. The topological polar surface area (TPSA) is 85.1 Å². The Morgan fingerprint density at radius 1 is 0.974 bits per heavy atom. The number of aromatic nitrogens is 1. The molecule has 5 aliphatic carbocycles. The van der Waals surface area contributed by atoms with Gasteiger partial charge in [0.15, 0.2) is 0 Å². The van der Waals surface area contributed by atoms with E-state index in [1.54, 1.807) is 12.4 Å². The van der Waals surface area contributed by atoms with Crippen LogP contribution in [0.4, 0.5) is 4.39 Å². The molecule has 4 bridgehead atoms. The first-order valence-corrected chi connectivity index (χ1v) is 14.6. The molecule has 5 nitrogen and oxygen atoms in total. The summed E-state index contributed by atoms with van der Waals surface area (Å²) in [4.78, 5) is 31.2. The fourth-order valence-electron chi connectivity index (χ4n) is 9.01. The summed E-state index contributed by atoms with van der Waals surface area (Å²) in [5.41, 5.74) is 8.48. The zero-order chi connectivity index (χ0) is 26.3. The van der Waals surface area contributed by atoms with Crippen molar-refractivity contribution in [3.8, 4) is 0 Å². The van der Waals surface area contributed by atoms with E-state index in [1.807, 2.05) is 24.3 Å². The Hall–Kier alpha value is -2.60. The summed E-state index contributed by atoms with van der Waals surface area (Å²) in [6, 6.07) is 10.1. The van der Waals surface area contributed by atoms with Crippen LogP contribution in [0.5, 0.6) is 0 Å². The van der Waals surface area contributed by atoms with E-state index >= 15 is 0 Å². The van der Waals surface area contributed by atoms with Gasteiger partial charge in [-0.05, 0) is 104 Å². The molecule has 3 N–H and O–H groups in total. The van der Waals surface area contributed by atoms with Gasteiger partial charge in [0.1, 0.15) is 11.6 Å². The van der Waals surface area contributed by atoms with Crippen molar-refractivity contribution in [2.75, 3.05) is 6.54 Å². The van der Waals surface area contributed by atoms with Gasteiger partial charge in [-0.1, -0.05) is 31.4 Å². The standard InChI is InChI=1S/C32H40FN3O2/c33-26-6-4-25(5-7-26)31(10-2-1-3-11-31)20-36-30(38)29(34)28-23-14-22-15-24(28)19-32(17-22,18-23)27(37)16-21-8-12-35-13-9-21/h4-9,12-13,22-24,28-29H,1-3,10-11,14-20,34H2,(H,36,38). The van der Waals surface area contributed by atoms with E-state index in [0.717, 1.165) is 68.9 Å². The third kappa shape index (κ3) is 4.70. The van der Waals surface area contributed by atoms with Crippen LogP contribution in [-0.4, -0.2) is 29.3 Å². The lowest BCUT2D eigenvalue weighted by atomic mass is 9.44. The lowest BCUT2D eigenvalue weighted by Crippen LogP contribution is -2.61. The monoisotopic (exact) mass is 517 g/mol. The van der Waals surface area contributed by atoms with Crippen molar-refractivity contribution in [2.24, 2.45) is 34.8 Å². The van der Waals surface area contributed by atoms with Crippen LogP contribution in [0.25, 0.3) is 0 Å². The largest absolute Gasteiger partial charge is 0.354 e. The number of hydrogen-bond donors (Lipinski definition) is 2. The van der Waals surface area contributed by atoms with Crippen LogP contribution in [0.2, 0.25) is 0 Å². The number of nitrogens with one attached hydrogen (secondary N) is 1. The van der Waals surface area contributed by atoms with Crippen LogP contribution in [-0.2, 0) is 21.4 Å². The minimum absolute atomic E-state index is 0.0632. The highest BCUT2D eigenvalue weighted by Gasteiger charge is 2.59. The molecule has 0 radical (unpaired) electrons. The van der Waals surface area contributed by atoms with Crippen molar-refractivity contribution in [3.63, 3.8) is 0 Å². The van der Waals surface area contributed by atoms with Crippen molar-refractivity contribution in [1.82, 2.24) is 10.3 Å². The molecule has 38 heavy (non-hydrogen) atoms. The molecular formula is C32H40FN3O2. The van der Waals surface area contributed by atoms with Gasteiger partial charge in [-0.2, -0.15) is 0 Å². The highest BCUT2D eigenvalue weighted by molar-refractivity contribution is 5.87. The Bertz CT molecular complexity index is 1140. The number of pyridine rings is 1. The van der Waals surface area contributed by atoms with E-state index in [9.17, 15) is 14.0 Å². The number of nitrogens with two attached hydrogens (primary N) is 1. The van der Waals surface area contributed by atoms with Crippen molar-refractivity contribution < 1.29 is 14.0 Å². The number of halogens is 1.